The van der Waals surface area contributed by atoms with Gasteiger partial charge in [-0.05, 0) is 64.2 Å². The predicted octanol–water partition coefficient (Wildman–Crippen LogP) is 5.20. The third-order valence-electron chi connectivity index (χ3n) is 10.1. The maximum atomic E-state index is 12.9. The van der Waals surface area contributed by atoms with Crippen LogP contribution in [0.4, 0.5) is 0 Å². The Labute approximate surface area is 385 Å². The summed E-state index contributed by atoms with van der Waals surface area (Å²) in [7, 11) is 0. The topological polar surface area (TPSA) is 231 Å². The van der Waals surface area contributed by atoms with Gasteiger partial charge in [0, 0.05) is 12.8 Å². The van der Waals surface area contributed by atoms with Gasteiger partial charge in [0.25, 0.3) is 0 Å². The summed E-state index contributed by atoms with van der Waals surface area (Å²) in [6.45, 7) is 2.16. The van der Waals surface area contributed by atoms with Gasteiger partial charge in [0.1, 0.15) is 55.4 Å². The van der Waals surface area contributed by atoms with Crippen molar-refractivity contribution in [3.05, 3.63) is 109 Å². The van der Waals surface area contributed by atoms with Gasteiger partial charge in [-0.3, -0.25) is 9.59 Å². The van der Waals surface area contributed by atoms with Crippen molar-refractivity contribution < 1.29 is 73.8 Å². The SMILES string of the molecule is CC/C=C/C=C/C=C/C=C/CCCCCC(=O)OC(COC(=O)CC/C=C/C/C=C/C/C=C/C/C=C/C/C=C/CC)CO[C@@H]1O[C@H](CO[C@@H]2O[C@H](CO)[C@H](O)C(O)C2O)[C@H](O)C(O)C1O. The van der Waals surface area contributed by atoms with E-state index in [-0.39, 0.29) is 19.4 Å². The van der Waals surface area contributed by atoms with Crippen LogP contribution in [0.25, 0.3) is 0 Å². The number of hydrogen-bond acceptors (Lipinski definition) is 15. The molecule has 7 N–H and O–H groups in total. The number of unbranched alkanes of at least 4 members (excludes halogenated alkanes) is 3. The molecule has 0 spiro atoms. The summed E-state index contributed by atoms with van der Waals surface area (Å²) in [5, 5.41) is 71.9. The van der Waals surface area contributed by atoms with Crippen LogP contribution in [0.5, 0.6) is 0 Å². The number of esters is 2. The van der Waals surface area contributed by atoms with Crippen molar-refractivity contribution >= 4 is 11.9 Å². The van der Waals surface area contributed by atoms with Crippen molar-refractivity contribution in [3.8, 4) is 0 Å². The first-order valence-electron chi connectivity index (χ1n) is 23.0. The van der Waals surface area contributed by atoms with Gasteiger partial charge in [0.15, 0.2) is 18.7 Å². The molecule has 0 radical (unpaired) electrons. The summed E-state index contributed by atoms with van der Waals surface area (Å²) in [6, 6.07) is 0. The Bertz CT molecular complexity index is 1550. The fourth-order valence-electron chi connectivity index (χ4n) is 6.33. The van der Waals surface area contributed by atoms with E-state index in [1.807, 2.05) is 48.6 Å². The van der Waals surface area contributed by atoms with Crippen molar-refractivity contribution in [2.45, 2.75) is 165 Å². The second kappa shape index (κ2) is 36.3. The van der Waals surface area contributed by atoms with Crippen LogP contribution in [0.15, 0.2) is 109 Å². The second-order valence-corrected chi connectivity index (χ2v) is 15.6. The quantitative estimate of drug-likeness (QED) is 0.0199. The van der Waals surface area contributed by atoms with E-state index in [0.717, 1.165) is 51.4 Å². The molecular weight excluding hydrogens is 841 g/mol. The Morgan fingerprint density at radius 1 is 0.508 bits per heavy atom. The average molecular weight is 917 g/mol. The van der Waals surface area contributed by atoms with Gasteiger partial charge < -0.3 is 64.2 Å². The summed E-state index contributed by atoms with van der Waals surface area (Å²) in [5.74, 6) is -1.08. The Balaban J connectivity index is 1.91. The van der Waals surface area contributed by atoms with Gasteiger partial charge in [-0.2, -0.15) is 0 Å². The molecule has 0 aromatic heterocycles. The molecule has 2 rings (SSSR count). The number of allylic oxidation sites excluding steroid dienone is 18. The van der Waals surface area contributed by atoms with Crippen LogP contribution < -0.4 is 0 Å². The van der Waals surface area contributed by atoms with Gasteiger partial charge in [-0.1, -0.05) is 130 Å². The molecule has 2 aliphatic heterocycles. The molecule has 15 nitrogen and oxygen atoms in total. The van der Waals surface area contributed by atoms with Crippen molar-refractivity contribution in [3.63, 3.8) is 0 Å². The van der Waals surface area contributed by atoms with Crippen molar-refractivity contribution in [1.29, 1.82) is 0 Å². The number of ether oxygens (including phenoxy) is 6. The number of hydrogen-bond donors (Lipinski definition) is 7. The van der Waals surface area contributed by atoms with E-state index in [1.165, 1.54) is 0 Å². The van der Waals surface area contributed by atoms with Crippen LogP contribution in [0.3, 0.4) is 0 Å². The standard InChI is InChI=1S/C50H76O15/c1-3-5-7-9-11-13-15-17-18-19-21-22-24-26-28-30-32-41(52)60-35-38(63-42(53)33-31-29-27-25-23-20-16-14-12-10-8-6-4-2)36-61-49-48(59)46(57)44(55)40(65-49)37-62-50-47(58)45(56)43(54)39(34-51)64-50/h5-8,10-14,16-18,20-23,26,28,38-40,43-51,54-59H,3-4,9,15,19,24-25,27,29-37H2,1-2H3/b7-5+,8-6+,12-10+,13-11+,16-14+,18-17+,22-21+,23-20+,28-26+/t38?,39-,40-,43+,44+,45?,46?,47?,48?,49-,50-/m1/s1. The molecule has 2 heterocycles. The summed E-state index contributed by atoms with van der Waals surface area (Å²) in [4.78, 5) is 25.6. The first-order chi connectivity index (χ1) is 31.5. The first kappa shape index (κ1) is 57.3. The molecule has 5 unspecified atom stereocenters. The lowest BCUT2D eigenvalue weighted by Gasteiger charge is -2.42. The monoisotopic (exact) mass is 917 g/mol. The molecule has 366 valence electrons. The van der Waals surface area contributed by atoms with Gasteiger partial charge in [0.05, 0.1) is 19.8 Å². The molecule has 0 bridgehead atoms. The molecule has 0 aromatic rings. The molecule has 65 heavy (non-hydrogen) atoms. The zero-order chi connectivity index (χ0) is 47.5. The summed E-state index contributed by atoms with van der Waals surface area (Å²) < 4.78 is 33.3. The maximum Gasteiger partial charge on any atom is 0.306 e. The van der Waals surface area contributed by atoms with Gasteiger partial charge >= 0.3 is 11.9 Å². The van der Waals surface area contributed by atoms with Crippen LogP contribution >= 0.6 is 0 Å². The molecule has 11 atom stereocenters. The van der Waals surface area contributed by atoms with E-state index >= 15 is 0 Å². The minimum absolute atomic E-state index is 0.0775. The smallest absolute Gasteiger partial charge is 0.306 e. The van der Waals surface area contributed by atoms with E-state index in [2.05, 4.69) is 74.6 Å². The average Bonchev–Trinajstić information content (AvgIpc) is 3.30. The zero-order valence-electron chi connectivity index (χ0n) is 38.2. The minimum Gasteiger partial charge on any atom is -0.462 e. The predicted molar refractivity (Wildman–Crippen MR) is 247 cm³/mol. The van der Waals surface area contributed by atoms with Gasteiger partial charge in [-0.25, -0.2) is 0 Å². The molecule has 15 heteroatoms. The van der Waals surface area contributed by atoms with Crippen LogP contribution in [0.2, 0.25) is 0 Å². The van der Waals surface area contributed by atoms with Crippen LogP contribution in [-0.2, 0) is 38.0 Å². The maximum absolute atomic E-state index is 12.9. The number of aliphatic hydroxyl groups excluding tert-OH is 7. The third kappa shape index (κ3) is 25.0. The lowest BCUT2D eigenvalue weighted by molar-refractivity contribution is -0.332. The fraction of sp³-hybridized carbons (Fsp3) is 0.600. The van der Waals surface area contributed by atoms with E-state index < -0.39 is 99.3 Å². The number of rotatable bonds is 32. The fourth-order valence-corrected chi connectivity index (χ4v) is 6.33. The highest BCUT2D eigenvalue weighted by molar-refractivity contribution is 5.70. The summed E-state index contributed by atoms with van der Waals surface area (Å²) in [6.07, 6.45) is 28.6. The van der Waals surface area contributed by atoms with Gasteiger partial charge in [-0.15, -0.1) is 0 Å². The molecule has 0 aliphatic carbocycles. The Kier molecular flexibility index (Phi) is 32.0. The highest BCUT2D eigenvalue weighted by atomic mass is 16.7. The van der Waals surface area contributed by atoms with E-state index in [9.17, 15) is 45.3 Å². The van der Waals surface area contributed by atoms with E-state index in [0.29, 0.717) is 19.3 Å². The normalized spacial score (nSPS) is 27.4. The van der Waals surface area contributed by atoms with E-state index in [1.54, 1.807) is 0 Å². The highest BCUT2D eigenvalue weighted by Gasteiger charge is 2.47. The number of carbonyl (C=O) groups is 2. The van der Waals surface area contributed by atoms with Crippen LogP contribution in [-0.4, -0.2) is 142 Å². The molecule has 2 aliphatic rings. The van der Waals surface area contributed by atoms with Crippen LogP contribution in [0, 0.1) is 0 Å². The third-order valence-corrected chi connectivity index (χ3v) is 10.1. The summed E-state index contributed by atoms with van der Waals surface area (Å²) in [5.41, 5.74) is 0. The molecule has 2 fully saturated rings. The van der Waals surface area contributed by atoms with Crippen molar-refractivity contribution in [2.24, 2.45) is 0 Å². The van der Waals surface area contributed by atoms with Crippen molar-refractivity contribution in [2.75, 3.05) is 26.4 Å². The number of aliphatic hydroxyl groups is 7. The minimum atomic E-state index is -1.79. The zero-order valence-corrected chi connectivity index (χ0v) is 38.2. The number of carbonyl (C=O) groups excluding carboxylic acids is 2. The largest absolute Gasteiger partial charge is 0.462 e. The summed E-state index contributed by atoms with van der Waals surface area (Å²) >= 11 is 0. The van der Waals surface area contributed by atoms with Crippen molar-refractivity contribution in [1.82, 2.24) is 0 Å². The Morgan fingerprint density at radius 3 is 1.63 bits per heavy atom. The molecule has 0 saturated carbocycles. The Morgan fingerprint density at radius 2 is 1.03 bits per heavy atom. The lowest BCUT2D eigenvalue weighted by atomic mass is 9.98. The van der Waals surface area contributed by atoms with Gasteiger partial charge in [0.2, 0.25) is 0 Å². The highest BCUT2D eigenvalue weighted by Crippen LogP contribution is 2.26. The van der Waals surface area contributed by atoms with Crippen LogP contribution in [0.1, 0.15) is 97.3 Å². The van der Waals surface area contributed by atoms with E-state index in [4.69, 9.17) is 28.4 Å². The first-order valence-corrected chi connectivity index (χ1v) is 23.0. The molecule has 2 saturated heterocycles. The molecule has 0 amide bonds. The molecular formula is C50H76O15. The second-order valence-electron chi connectivity index (χ2n) is 15.6. The Hall–Kier alpha value is -3.84. The molecule has 0 aromatic carbocycles. The lowest BCUT2D eigenvalue weighted by Crippen LogP contribution is -2.61.